The van der Waals surface area contributed by atoms with E-state index in [1.165, 1.54) is 11.9 Å². The van der Waals surface area contributed by atoms with Gasteiger partial charge in [0.1, 0.15) is 6.33 Å². The Morgan fingerprint density at radius 1 is 1.24 bits per heavy atom. The van der Waals surface area contributed by atoms with Crippen LogP contribution in [0.1, 0.15) is 21.6 Å². The molecule has 2 rings (SSSR count). The van der Waals surface area contributed by atoms with Crippen molar-refractivity contribution in [3.63, 3.8) is 0 Å². The Balaban J connectivity index is 2.08. The summed E-state index contributed by atoms with van der Waals surface area (Å²) >= 11 is 0. The van der Waals surface area contributed by atoms with E-state index in [-0.39, 0.29) is 5.91 Å². The molecule has 0 spiro atoms. The number of carbonyl (C=O) groups is 1. The van der Waals surface area contributed by atoms with Gasteiger partial charge in [0.15, 0.2) is 0 Å². The summed E-state index contributed by atoms with van der Waals surface area (Å²) in [6.07, 6.45) is 3.82. The number of hydrogen-bond acceptors (Lipinski definition) is 4. The number of rotatable bonds is 6. The second-order valence-corrected chi connectivity index (χ2v) is 4.84. The first-order valence-corrected chi connectivity index (χ1v) is 7.02. The summed E-state index contributed by atoms with van der Waals surface area (Å²) in [6.45, 7) is 3.41. The lowest BCUT2D eigenvalue weighted by Crippen LogP contribution is -2.37. The Morgan fingerprint density at radius 2 is 2.00 bits per heavy atom. The van der Waals surface area contributed by atoms with Crippen molar-refractivity contribution in [2.24, 2.45) is 5.73 Å². The van der Waals surface area contributed by atoms with Gasteiger partial charge in [-0.1, -0.05) is 30.3 Å². The summed E-state index contributed by atoms with van der Waals surface area (Å²) in [5.74, 6) is -0.0607. The normalized spacial score (nSPS) is 10.4. The predicted octanol–water partition coefficient (Wildman–Crippen LogP) is 1.43. The largest absolute Gasteiger partial charge is 0.337 e. The van der Waals surface area contributed by atoms with Crippen LogP contribution in [0.3, 0.4) is 0 Å². The predicted molar refractivity (Wildman–Crippen MR) is 81.9 cm³/mol. The molecule has 0 unspecified atom stereocenters. The van der Waals surface area contributed by atoms with E-state index in [1.807, 2.05) is 25.1 Å². The van der Waals surface area contributed by atoms with E-state index in [1.54, 1.807) is 11.1 Å². The Labute approximate surface area is 124 Å². The first-order valence-electron chi connectivity index (χ1n) is 7.02. The van der Waals surface area contributed by atoms with Gasteiger partial charge in [-0.15, -0.1) is 0 Å². The van der Waals surface area contributed by atoms with Gasteiger partial charge in [0.25, 0.3) is 5.91 Å². The van der Waals surface area contributed by atoms with E-state index in [0.29, 0.717) is 30.9 Å². The standard InChI is InChI=1S/C16H20N4O/c1-13-15(11-18-12-19-13)16(21)20(10-8-17)9-7-14-5-3-2-4-6-14/h2-6,11-12H,7-10,17H2,1H3. The van der Waals surface area contributed by atoms with Crippen LogP contribution in [-0.2, 0) is 6.42 Å². The summed E-state index contributed by atoms with van der Waals surface area (Å²) in [5, 5.41) is 0. The van der Waals surface area contributed by atoms with Crippen LogP contribution in [0.2, 0.25) is 0 Å². The van der Waals surface area contributed by atoms with Crippen LogP contribution in [0, 0.1) is 6.92 Å². The van der Waals surface area contributed by atoms with Gasteiger partial charge in [0.05, 0.1) is 11.3 Å². The highest BCUT2D eigenvalue weighted by molar-refractivity contribution is 5.94. The number of hydrogen-bond donors (Lipinski definition) is 1. The Bertz CT molecular complexity index is 586. The molecule has 21 heavy (non-hydrogen) atoms. The summed E-state index contributed by atoms with van der Waals surface area (Å²) < 4.78 is 0. The number of benzene rings is 1. The minimum absolute atomic E-state index is 0.0607. The van der Waals surface area contributed by atoms with Crippen molar-refractivity contribution in [3.05, 3.63) is 59.7 Å². The molecule has 0 bridgehead atoms. The first-order chi connectivity index (χ1) is 10.2. The van der Waals surface area contributed by atoms with Crippen molar-refractivity contribution in [3.8, 4) is 0 Å². The molecule has 5 nitrogen and oxygen atoms in total. The third-order valence-electron chi connectivity index (χ3n) is 3.34. The molecule has 2 aromatic rings. The highest BCUT2D eigenvalue weighted by atomic mass is 16.2. The maximum atomic E-state index is 12.6. The van der Waals surface area contributed by atoms with Gasteiger partial charge in [-0.05, 0) is 18.9 Å². The van der Waals surface area contributed by atoms with Gasteiger partial charge in [0, 0.05) is 25.8 Å². The van der Waals surface area contributed by atoms with Crippen LogP contribution in [0.5, 0.6) is 0 Å². The molecule has 1 amide bonds. The molecule has 0 atom stereocenters. The van der Waals surface area contributed by atoms with Gasteiger partial charge >= 0.3 is 0 Å². The smallest absolute Gasteiger partial charge is 0.257 e. The lowest BCUT2D eigenvalue weighted by atomic mass is 10.1. The fraction of sp³-hybridized carbons (Fsp3) is 0.312. The molecule has 2 N–H and O–H groups in total. The van der Waals surface area contributed by atoms with Gasteiger partial charge in [-0.3, -0.25) is 4.79 Å². The second kappa shape index (κ2) is 7.50. The fourth-order valence-electron chi connectivity index (χ4n) is 2.15. The number of aryl methyl sites for hydroxylation is 1. The maximum absolute atomic E-state index is 12.6. The zero-order chi connectivity index (χ0) is 15.1. The molecule has 0 aliphatic heterocycles. The van der Waals surface area contributed by atoms with Crippen LogP contribution in [-0.4, -0.2) is 40.4 Å². The molecule has 0 saturated heterocycles. The molecule has 1 aromatic carbocycles. The maximum Gasteiger partial charge on any atom is 0.257 e. The minimum Gasteiger partial charge on any atom is -0.337 e. The summed E-state index contributed by atoms with van der Waals surface area (Å²) in [4.78, 5) is 22.3. The average Bonchev–Trinajstić information content (AvgIpc) is 2.52. The topological polar surface area (TPSA) is 72.1 Å². The molecule has 5 heteroatoms. The third-order valence-corrected chi connectivity index (χ3v) is 3.34. The van der Waals surface area contributed by atoms with Crippen LogP contribution in [0.15, 0.2) is 42.9 Å². The van der Waals surface area contributed by atoms with Crippen molar-refractivity contribution >= 4 is 5.91 Å². The van der Waals surface area contributed by atoms with E-state index in [4.69, 9.17) is 5.73 Å². The van der Waals surface area contributed by atoms with Crippen molar-refractivity contribution in [1.29, 1.82) is 0 Å². The molecule has 0 fully saturated rings. The molecular formula is C16H20N4O. The number of amides is 1. The second-order valence-electron chi connectivity index (χ2n) is 4.84. The fourth-order valence-corrected chi connectivity index (χ4v) is 2.15. The Hall–Kier alpha value is -2.27. The number of aromatic nitrogens is 2. The average molecular weight is 284 g/mol. The van der Waals surface area contributed by atoms with E-state index in [2.05, 4.69) is 22.1 Å². The molecule has 1 heterocycles. The minimum atomic E-state index is -0.0607. The SMILES string of the molecule is Cc1ncncc1C(=O)N(CCN)CCc1ccccc1. The van der Waals surface area contributed by atoms with Crippen LogP contribution in [0.4, 0.5) is 0 Å². The first kappa shape index (κ1) is 15.1. The lowest BCUT2D eigenvalue weighted by Gasteiger charge is -2.22. The van der Waals surface area contributed by atoms with Gasteiger partial charge in [0.2, 0.25) is 0 Å². The molecule has 0 radical (unpaired) electrons. The van der Waals surface area contributed by atoms with Crippen LogP contribution in [0.25, 0.3) is 0 Å². The van der Waals surface area contributed by atoms with Crippen LogP contribution >= 0.6 is 0 Å². The summed E-state index contributed by atoms with van der Waals surface area (Å²) in [5.41, 5.74) is 8.06. The van der Waals surface area contributed by atoms with Crippen molar-refractivity contribution < 1.29 is 4.79 Å². The Kier molecular flexibility index (Phi) is 5.40. The van der Waals surface area contributed by atoms with E-state index >= 15 is 0 Å². The lowest BCUT2D eigenvalue weighted by molar-refractivity contribution is 0.0760. The zero-order valence-corrected chi connectivity index (χ0v) is 12.2. The van der Waals surface area contributed by atoms with Crippen molar-refractivity contribution in [1.82, 2.24) is 14.9 Å². The molecule has 0 aliphatic rings. The monoisotopic (exact) mass is 284 g/mol. The third kappa shape index (κ3) is 4.10. The van der Waals surface area contributed by atoms with E-state index < -0.39 is 0 Å². The van der Waals surface area contributed by atoms with E-state index in [0.717, 1.165) is 6.42 Å². The number of nitrogens with two attached hydrogens (primary N) is 1. The highest BCUT2D eigenvalue weighted by Crippen LogP contribution is 2.08. The number of carbonyl (C=O) groups excluding carboxylic acids is 1. The zero-order valence-electron chi connectivity index (χ0n) is 12.2. The molecule has 0 saturated carbocycles. The Morgan fingerprint density at radius 3 is 2.67 bits per heavy atom. The molecular weight excluding hydrogens is 264 g/mol. The number of nitrogens with zero attached hydrogens (tertiary/aromatic N) is 3. The quantitative estimate of drug-likeness (QED) is 0.871. The van der Waals surface area contributed by atoms with Gasteiger partial charge in [-0.2, -0.15) is 0 Å². The summed E-state index contributed by atoms with van der Waals surface area (Å²) in [7, 11) is 0. The molecule has 110 valence electrons. The van der Waals surface area contributed by atoms with E-state index in [9.17, 15) is 4.79 Å². The van der Waals surface area contributed by atoms with Crippen molar-refractivity contribution in [2.45, 2.75) is 13.3 Å². The van der Waals surface area contributed by atoms with Gasteiger partial charge < -0.3 is 10.6 Å². The van der Waals surface area contributed by atoms with Crippen LogP contribution < -0.4 is 5.73 Å². The van der Waals surface area contributed by atoms with Crippen molar-refractivity contribution in [2.75, 3.05) is 19.6 Å². The molecule has 0 aliphatic carbocycles. The highest BCUT2D eigenvalue weighted by Gasteiger charge is 2.17. The molecule has 1 aromatic heterocycles. The summed E-state index contributed by atoms with van der Waals surface area (Å²) in [6, 6.07) is 10.1. The van der Waals surface area contributed by atoms with Gasteiger partial charge in [-0.25, -0.2) is 9.97 Å².